The minimum absolute atomic E-state index is 0.284. The number of hydrogen-bond acceptors (Lipinski definition) is 4. The lowest BCUT2D eigenvalue weighted by molar-refractivity contribution is 0.750. The van der Waals surface area contributed by atoms with Crippen LogP contribution in [0.4, 0.5) is 5.95 Å². The first-order valence-corrected chi connectivity index (χ1v) is 5.67. The van der Waals surface area contributed by atoms with Crippen molar-refractivity contribution < 1.29 is 0 Å². The molecule has 82 valence electrons. The van der Waals surface area contributed by atoms with Crippen LogP contribution in [-0.4, -0.2) is 34.3 Å². The molecule has 2 fully saturated rings. The van der Waals surface area contributed by atoms with Gasteiger partial charge in [-0.25, -0.2) is 0 Å². The number of anilines is 1. The van der Waals surface area contributed by atoms with Gasteiger partial charge in [0.25, 0.3) is 0 Å². The van der Waals surface area contributed by atoms with Gasteiger partial charge in [0.2, 0.25) is 5.95 Å². The summed E-state index contributed by atoms with van der Waals surface area (Å²) in [6, 6.07) is 0.284. The lowest BCUT2D eigenvalue weighted by atomic mass is 10.3. The Hall–Kier alpha value is -1.10. The van der Waals surface area contributed by atoms with E-state index in [-0.39, 0.29) is 6.04 Å². The molecule has 3 unspecified atom stereocenters. The fourth-order valence-electron chi connectivity index (χ4n) is 2.24. The van der Waals surface area contributed by atoms with Crippen LogP contribution < -0.4 is 10.6 Å². The van der Waals surface area contributed by atoms with Gasteiger partial charge in [-0.3, -0.25) is 5.10 Å². The van der Waals surface area contributed by atoms with Crippen molar-refractivity contribution >= 4 is 5.95 Å². The number of aromatic nitrogens is 3. The van der Waals surface area contributed by atoms with Gasteiger partial charge in [0.15, 0.2) is 0 Å². The molecule has 2 aliphatic rings. The summed E-state index contributed by atoms with van der Waals surface area (Å²) in [5, 5.41) is 7.31. The second-order valence-corrected chi connectivity index (χ2v) is 4.83. The molecule has 15 heavy (non-hydrogen) atoms. The molecule has 2 heterocycles. The van der Waals surface area contributed by atoms with E-state index >= 15 is 0 Å². The van der Waals surface area contributed by atoms with Gasteiger partial charge < -0.3 is 10.6 Å². The molecular weight excluding hydrogens is 190 g/mol. The fraction of sp³-hybridized carbons (Fsp3) is 0.800. The molecule has 1 saturated heterocycles. The highest BCUT2D eigenvalue weighted by Crippen LogP contribution is 2.45. The topological polar surface area (TPSA) is 70.8 Å². The van der Waals surface area contributed by atoms with E-state index in [0.29, 0.717) is 5.92 Å². The molecule has 0 amide bonds. The number of nitrogens with two attached hydrogens (primary N) is 1. The van der Waals surface area contributed by atoms with Gasteiger partial charge in [0, 0.05) is 25.0 Å². The van der Waals surface area contributed by atoms with Gasteiger partial charge in [0.1, 0.15) is 5.82 Å². The second-order valence-electron chi connectivity index (χ2n) is 4.83. The Kier molecular flexibility index (Phi) is 1.95. The highest BCUT2D eigenvalue weighted by molar-refractivity contribution is 5.32. The minimum atomic E-state index is 0.284. The number of H-pyrrole nitrogens is 1. The van der Waals surface area contributed by atoms with Gasteiger partial charge in [-0.2, -0.15) is 4.98 Å². The number of rotatable bonds is 2. The van der Waals surface area contributed by atoms with Crippen LogP contribution in [0.25, 0.3) is 0 Å². The summed E-state index contributed by atoms with van der Waals surface area (Å²) in [5.41, 5.74) is 5.86. The van der Waals surface area contributed by atoms with Crippen LogP contribution in [0.15, 0.2) is 0 Å². The maximum Gasteiger partial charge on any atom is 0.244 e. The van der Waals surface area contributed by atoms with Crippen LogP contribution >= 0.6 is 0 Å². The molecule has 3 rings (SSSR count). The molecule has 1 saturated carbocycles. The van der Waals surface area contributed by atoms with E-state index in [2.05, 4.69) is 27.0 Å². The van der Waals surface area contributed by atoms with E-state index in [1.807, 2.05) is 0 Å². The van der Waals surface area contributed by atoms with Gasteiger partial charge in [-0.15, -0.1) is 5.10 Å². The molecule has 0 spiro atoms. The van der Waals surface area contributed by atoms with Gasteiger partial charge in [-0.05, 0) is 18.8 Å². The predicted molar refractivity (Wildman–Crippen MR) is 57.7 cm³/mol. The lowest BCUT2D eigenvalue weighted by Crippen LogP contribution is -2.26. The van der Waals surface area contributed by atoms with Crippen molar-refractivity contribution in [3.63, 3.8) is 0 Å². The maximum atomic E-state index is 5.86. The van der Waals surface area contributed by atoms with Crippen molar-refractivity contribution in [3.8, 4) is 0 Å². The third-order valence-electron chi connectivity index (χ3n) is 3.46. The first-order chi connectivity index (χ1) is 7.24. The number of nitrogens with zero attached hydrogens (tertiary/aromatic N) is 3. The average Bonchev–Trinajstić information content (AvgIpc) is 2.71. The maximum absolute atomic E-state index is 5.86. The molecule has 0 aromatic carbocycles. The summed E-state index contributed by atoms with van der Waals surface area (Å²) in [6.45, 7) is 4.12. The van der Waals surface area contributed by atoms with Crippen LogP contribution in [0, 0.1) is 5.92 Å². The highest BCUT2D eigenvalue weighted by Gasteiger charge is 2.37. The minimum Gasteiger partial charge on any atom is -0.338 e. The van der Waals surface area contributed by atoms with Crippen LogP contribution in [0.1, 0.15) is 31.5 Å². The third-order valence-corrected chi connectivity index (χ3v) is 3.46. The Balaban J connectivity index is 1.73. The highest BCUT2D eigenvalue weighted by atomic mass is 15.4. The first kappa shape index (κ1) is 9.15. The summed E-state index contributed by atoms with van der Waals surface area (Å²) >= 11 is 0. The summed E-state index contributed by atoms with van der Waals surface area (Å²) in [6.07, 6.45) is 2.29. The number of nitrogens with one attached hydrogen (secondary N) is 1. The molecule has 5 nitrogen and oxygen atoms in total. The molecule has 3 N–H and O–H groups in total. The van der Waals surface area contributed by atoms with Crippen molar-refractivity contribution in [1.29, 1.82) is 0 Å². The van der Waals surface area contributed by atoms with E-state index in [4.69, 9.17) is 5.73 Å². The SMILES string of the molecule is CC1CC1c1nc(N2CCC(N)C2)n[nH]1. The van der Waals surface area contributed by atoms with Gasteiger partial charge >= 0.3 is 0 Å². The molecule has 0 radical (unpaired) electrons. The largest absolute Gasteiger partial charge is 0.338 e. The van der Waals surface area contributed by atoms with Crippen molar-refractivity contribution in [3.05, 3.63) is 5.82 Å². The van der Waals surface area contributed by atoms with Crippen LogP contribution in [0.5, 0.6) is 0 Å². The summed E-state index contributed by atoms with van der Waals surface area (Å²) in [5.74, 6) is 3.27. The normalized spacial score (nSPS) is 34.8. The summed E-state index contributed by atoms with van der Waals surface area (Å²) in [4.78, 5) is 6.71. The quantitative estimate of drug-likeness (QED) is 0.739. The van der Waals surface area contributed by atoms with Gasteiger partial charge in [0.05, 0.1) is 0 Å². The van der Waals surface area contributed by atoms with E-state index < -0.39 is 0 Å². The lowest BCUT2D eigenvalue weighted by Gasteiger charge is -2.11. The molecule has 1 aliphatic carbocycles. The monoisotopic (exact) mass is 207 g/mol. The Morgan fingerprint density at radius 2 is 2.33 bits per heavy atom. The Bertz CT molecular complexity index is 360. The molecule has 5 heteroatoms. The van der Waals surface area contributed by atoms with Gasteiger partial charge in [-0.1, -0.05) is 6.92 Å². The first-order valence-electron chi connectivity index (χ1n) is 5.67. The van der Waals surface area contributed by atoms with E-state index in [1.54, 1.807) is 0 Å². The van der Waals surface area contributed by atoms with Crippen molar-refractivity contribution in [2.75, 3.05) is 18.0 Å². The van der Waals surface area contributed by atoms with E-state index in [1.165, 1.54) is 6.42 Å². The van der Waals surface area contributed by atoms with Crippen LogP contribution in [-0.2, 0) is 0 Å². The molecular formula is C10H17N5. The smallest absolute Gasteiger partial charge is 0.244 e. The van der Waals surface area contributed by atoms with Crippen LogP contribution in [0.3, 0.4) is 0 Å². The number of aromatic amines is 1. The van der Waals surface area contributed by atoms with Crippen molar-refractivity contribution in [2.45, 2.75) is 31.7 Å². The fourth-order valence-corrected chi connectivity index (χ4v) is 2.24. The average molecular weight is 207 g/mol. The molecule has 0 bridgehead atoms. The van der Waals surface area contributed by atoms with Crippen molar-refractivity contribution in [2.24, 2.45) is 11.7 Å². The Morgan fingerprint density at radius 3 is 2.93 bits per heavy atom. The molecule has 1 aromatic heterocycles. The standard InChI is InChI=1S/C10H17N5/c1-6-4-8(6)9-12-10(14-13-9)15-3-2-7(11)5-15/h6-8H,2-5,11H2,1H3,(H,12,13,14). The summed E-state index contributed by atoms with van der Waals surface area (Å²) in [7, 11) is 0. The third kappa shape index (κ3) is 1.61. The zero-order valence-electron chi connectivity index (χ0n) is 8.98. The molecule has 1 aromatic rings. The Labute approximate surface area is 89.1 Å². The second kappa shape index (κ2) is 3.20. The molecule has 3 atom stereocenters. The van der Waals surface area contributed by atoms with Crippen molar-refractivity contribution in [1.82, 2.24) is 15.2 Å². The van der Waals surface area contributed by atoms with E-state index in [0.717, 1.165) is 37.2 Å². The molecule has 1 aliphatic heterocycles. The zero-order valence-corrected chi connectivity index (χ0v) is 8.98. The Morgan fingerprint density at radius 1 is 1.53 bits per heavy atom. The summed E-state index contributed by atoms with van der Waals surface area (Å²) < 4.78 is 0. The van der Waals surface area contributed by atoms with Crippen LogP contribution in [0.2, 0.25) is 0 Å². The zero-order chi connectivity index (χ0) is 10.4. The number of hydrogen-bond donors (Lipinski definition) is 2. The predicted octanol–water partition coefficient (Wildman–Crippen LogP) is 0.465. The van der Waals surface area contributed by atoms with E-state index in [9.17, 15) is 0 Å².